The van der Waals surface area contributed by atoms with E-state index < -0.39 is 0 Å². The molecule has 0 heterocycles. The summed E-state index contributed by atoms with van der Waals surface area (Å²) in [5.74, 6) is 4.78. The lowest BCUT2D eigenvalue weighted by molar-refractivity contribution is 0.444. The van der Waals surface area contributed by atoms with Gasteiger partial charge in [-0.1, -0.05) is 22.7 Å². The maximum atomic E-state index is 12.0. The van der Waals surface area contributed by atoms with Gasteiger partial charge in [-0.2, -0.15) is 0 Å². The van der Waals surface area contributed by atoms with Gasteiger partial charge in [-0.25, -0.2) is 5.84 Å². The molecule has 56 valence electrons. The van der Waals surface area contributed by atoms with Gasteiger partial charge < -0.3 is 0 Å². The second-order valence-corrected chi connectivity index (χ2v) is 1.65. The van der Waals surface area contributed by atoms with Crippen molar-refractivity contribution in [3.05, 3.63) is 30.3 Å². The number of nitrogens with two attached hydrogens (primary N) is 1. The molecule has 2 N–H and O–H groups in total. The molecule has 0 atom stereocenters. The second-order valence-electron chi connectivity index (χ2n) is 1.65. The third kappa shape index (κ3) is 2.33. The van der Waals surface area contributed by atoms with Crippen LogP contribution in [-0.4, -0.2) is 0 Å². The molecule has 0 unspecified atom stereocenters. The van der Waals surface area contributed by atoms with Crippen molar-refractivity contribution in [3.8, 4) is 0 Å². The lowest BCUT2D eigenvalue weighted by atomic mass is 10.3. The van der Waals surface area contributed by atoms with Gasteiger partial charge >= 0.3 is 0 Å². The maximum Gasteiger partial charge on any atom is 0.0872 e. The van der Waals surface area contributed by atoms with Gasteiger partial charge in [-0.3, -0.25) is 0 Å². The van der Waals surface area contributed by atoms with Gasteiger partial charge in [0.25, 0.3) is 0 Å². The summed E-state index contributed by atoms with van der Waals surface area (Å²) >= 11 is 0. The number of hydrazine groups is 1. The van der Waals surface area contributed by atoms with Crippen LogP contribution in [0.15, 0.2) is 30.3 Å². The van der Waals surface area contributed by atoms with Gasteiger partial charge in [0.2, 0.25) is 0 Å². The van der Waals surface area contributed by atoms with Gasteiger partial charge in [0.1, 0.15) is 0 Å². The zero-order valence-electron chi connectivity index (χ0n) is 5.20. The van der Waals surface area contributed by atoms with Crippen LogP contribution in [0.4, 0.5) is 10.2 Å². The van der Waals surface area contributed by atoms with Crippen molar-refractivity contribution < 1.29 is 4.48 Å². The van der Waals surface area contributed by atoms with Crippen LogP contribution in [0, 0.1) is 0 Å². The van der Waals surface area contributed by atoms with Crippen molar-refractivity contribution in [3.63, 3.8) is 0 Å². The quantitative estimate of drug-likeness (QED) is 0.432. The first kappa shape index (κ1) is 9.39. The number of para-hydroxylation sites is 1. The van der Waals surface area contributed by atoms with E-state index in [1.54, 1.807) is 30.3 Å². The average Bonchev–Trinajstić information content (AvgIpc) is 1.90. The highest BCUT2D eigenvalue weighted by molar-refractivity contribution is 8.93. The number of hydrogen-bond donors (Lipinski definition) is 1. The molecule has 4 heteroatoms. The standard InChI is InChI=1S/C6H7FN2.BrH/c7-9(8)6-4-2-1-3-5-6;/h1-5H,8H2;1H. The molecule has 0 bridgehead atoms. The van der Waals surface area contributed by atoms with Gasteiger partial charge in [0, 0.05) is 0 Å². The Morgan fingerprint density at radius 1 is 1.20 bits per heavy atom. The minimum atomic E-state index is 0. The molecule has 0 saturated carbocycles. The Kier molecular flexibility index (Phi) is 3.99. The van der Waals surface area contributed by atoms with E-state index in [1.165, 1.54) is 0 Å². The molecular formula is C6H8BrFN2. The highest BCUT2D eigenvalue weighted by Gasteiger charge is 1.92. The van der Waals surface area contributed by atoms with Gasteiger partial charge in [0.15, 0.2) is 0 Å². The second kappa shape index (κ2) is 4.24. The first-order valence-corrected chi connectivity index (χ1v) is 2.56. The lowest BCUT2D eigenvalue weighted by Gasteiger charge is -2.03. The first-order valence-electron chi connectivity index (χ1n) is 2.56. The van der Waals surface area contributed by atoms with E-state index in [2.05, 4.69) is 0 Å². The lowest BCUT2D eigenvalue weighted by Crippen LogP contribution is -2.19. The fourth-order valence-corrected chi connectivity index (χ4v) is 0.570. The molecule has 0 radical (unpaired) electrons. The Labute approximate surface area is 69.1 Å². The Morgan fingerprint density at radius 3 is 2.00 bits per heavy atom. The Balaban J connectivity index is 0.000000810. The molecule has 0 fully saturated rings. The van der Waals surface area contributed by atoms with Crippen molar-refractivity contribution in [2.45, 2.75) is 0 Å². The van der Waals surface area contributed by atoms with Crippen LogP contribution in [-0.2, 0) is 0 Å². The van der Waals surface area contributed by atoms with Gasteiger partial charge in [-0.15, -0.1) is 22.2 Å². The molecule has 0 aromatic heterocycles. The molecule has 0 amide bonds. The number of benzene rings is 1. The van der Waals surface area contributed by atoms with E-state index in [0.29, 0.717) is 5.69 Å². The van der Waals surface area contributed by atoms with E-state index in [1.807, 2.05) is 0 Å². The summed E-state index contributed by atoms with van der Waals surface area (Å²) in [5, 5.41) is 0.0833. The maximum absolute atomic E-state index is 12.0. The topological polar surface area (TPSA) is 29.3 Å². The number of hydrogen-bond acceptors (Lipinski definition) is 2. The predicted molar refractivity (Wildman–Crippen MR) is 44.5 cm³/mol. The van der Waals surface area contributed by atoms with E-state index in [9.17, 15) is 4.48 Å². The van der Waals surface area contributed by atoms with Crippen LogP contribution in [0.3, 0.4) is 0 Å². The van der Waals surface area contributed by atoms with Gasteiger partial charge in [-0.05, 0) is 12.1 Å². The number of rotatable bonds is 1. The third-order valence-electron chi connectivity index (χ3n) is 1.00. The predicted octanol–water partition coefficient (Wildman–Crippen LogP) is 1.83. The summed E-state index contributed by atoms with van der Waals surface area (Å²) in [4.78, 5) is 0. The van der Waals surface area contributed by atoms with Crippen LogP contribution in [0.5, 0.6) is 0 Å². The summed E-state index contributed by atoms with van der Waals surface area (Å²) in [7, 11) is 0. The summed E-state index contributed by atoms with van der Waals surface area (Å²) in [6.45, 7) is 0. The third-order valence-corrected chi connectivity index (χ3v) is 1.00. The highest BCUT2D eigenvalue weighted by atomic mass is 79.9. The van der Waals surface area contributed by atoms with E-state index in [4.69, 9.17) is 5.84 Å². The molecule has 0 spiro atoms. The van der Waals surface area contributed by atoms with Gasteiger partial charge in [0.05, 0.1) is 5.69 Å². The summed E-state index contributed by atoms with van der Waals surface area (Å²) in [5.41, 5.74) is 0.359. The molecule has 0 saturated heterocycles. The molecule has 10 heavy (non-hydrogen) atoms. The van der Waals surface area contributed by atoms with Crippen LogP contribution in [0.2, 0.25) is 0 Å². The van der Waals surface area contributed by atoms with Crippen LogP contribution in [0.1, 0.15) is 0 Å². The fourth-order valence-electron chi connectivity index (χ4n) is 0.570. The normalized spacial score (nSPS) is 8.20. The first-order chi connectivity index (χ1) is 4.30. The minimum Gasteiger partial charge on any atom is -0.218 e. The number of nitrogens with zero attached hydrogens (tertiary/aromatic N) is 1. The SMILES string of the molecule is Br.NN(F)c1ccccc1. The fraction of sp³-hybridized carbons (Fsp3) is 0. The Morgan fingerprint density at radius 2 is 1.70 bits per heavy atom. The largest absolute Gasteiger partial charge is 0.218 e. The summed E-state index contributed by atoms with van der Waals surface area (Å²) in [6.07, 6.45) is 0. The van der Waals surface area contributed by atoms with E-state index in [0.717, 1.165) is 0 Å². The van der Waals surface area contributed by atoms with Crippen molar-refractivity contribution in [2.75, 3.05) is 5.23 Å². The van der Waals surface area contributed by atoms with Crippen LogP contribution >= 0.6 is 17.0 Å². The summed E-state index contributed by atoms with van der Waals surface area (Å²) < 4.78 is 12.0. The van der Waals surface area contributed by atoms with Crippen LogP contribution in [0.25, 0.3) is 0 Å². The molecule has 0 aliphatic heterocycles. The molecular weight excluding hydrogens is 199 g/mol. The zero-order chi connectivity index (χ0) is 6.69. The molecule has 0 aliphatic carbocycles. The zero-order valence-corrected chi connectivity index (χ0v) is 6.91. The molecule has 1 aromatic carbocycles. The smallest absolute Gasteiger partial charge is 0.0872 e. The Bertz CT molecular complexity index is 178. The summed E-state index contributed by atoms with van der Waals surface area (Å²) in [6, 6.07) is 8.40. The van der Waals surface area contributed by atoms with Crippen molar-refractivity contribution in [1.29, 1.82) is 0 Å². The van der Waals surface area contributed by atoms with E-state index >= 15 is 0 Å². The Hall–Kier alpha value is -0.610. The molecule has 1 aromatic rings. The van der Waals surface area contributed by atoms with Crippen LogP contribution < -0.4 is 11.1 Å². The van der Waals surface area contributed by atoms with E-state index in [-0.39, 0.29) is 22.2 Å². The average molecular weight is 207 g/mol. The van der Waals surface area contributed by atoms with Crippen molar-refractivity contribution in [1.82, 2.24) is 0 Å². The molecule has 0 aliphatic rings. The molecule has 2 nitrogen and oxygen atoms in total. The number of anilines is 1. The van der Waals surface area contributed by atoms with Crippen molar-refractivity contribution >= 4 is 22.7 Å². The highest BCUT2D eigenvalue weighted by Crippen LogP contribution is 2.07. The number of halogens is 2. The minimum absolute atomic E-state index is 0. The van der Waals surface area contributed by atoms with Crippen molar-refractivity contribution in [2.24, 2.45) is 5.84 Å². The monoisotopic (exact) mass is 206 g/mol. The molecule has 1 rings (SSSR count).